The van der Waals surface area contributed by atoms with Crippen LogP contribution in [0.1, 0.15) is 87.8 Å². The second-order valence-electron chi connectivity index (χ2n) is 16.5. The fourth-order valence-corrected chi connectivity index (χ4v) is 11.7. The van der Waals surface area contributed by atoms with E-state index in [-0.39, 0.29) is 55.4 Å². The summed E-state index contributed by atoms with van der Waals surface area (Å²) in [4.78, 5) is 10.6. The third kappa shape index (κ3) is 8.88. The van der Waals surface area contributed by atoms with Crippen molar-refractivity contribution in [3.63, 3.8) is 0 Å². The summed E-state index contributed by atoms with van der Waals surface area (Å²) in [6.45, 7) is 12.8. The van der Waals surface area contributed by atoms with E-state index in [9.17, 15) is 10.2 Å². The van der Waals surface area contributed by atoms with E-state index in [1.54, 1.807) is 34.8 Å². The molecule has 6 atom stereocenters. The van der Waals surface area contributed by atoms with Crippen molar-refractivity contribution in [2.75, 3.05) is 33.0 Å². The van der Waals surface area contributed by atoms with Crippen LogP contribution in [-0.2, 0) is 19.6 Å². The lowest BCUT2D eigenvalue weighted by Crippen LogP contribution is -2.70. The molecule has 3 aromatic carbocycles. The maximum absolute atomic E-state index is 15.4. The van der Waals surface area contributed by atoms with Crippen LogP contribution in [0, 0.1) is 31.6 Å². The number of unbranched alkanes of at least 4 members (excludes halogenated alkanes) is 2. The van der Waals surface area contributed by atoms with Crippen LogP contribution in [0.25, 0.3) is 10.9 Å². The van der Waals surface area contributed by atoms with Crippen LogP contribution in [0.2, 0.25) is 0 Å². The number of fused-ring (bicyclic) bond motifs is 3. The Morgan fingerprint density at radius 1 is 0.967 bits per heavy atom. The number of pyridine rings is 1. The first-order valence-electron chi connectivity index (χ1n) is 21.9. The van der Waals surface area contributed by atoms with Gasteiger partial charge >= 0.3 is 0 Å². The first-order valence-corrected chi connectivity index (χ1v) is 23.4. The first kappa shape index (κ1) is 44.5. The summed E-state index contributed by atoms with van der Waals surface area (Å²) < 4.78 is 53.5. The van der Waals surface area contributed by atoms with Gasteiger partial charge in [0, 0.05) is 49.2 Å². The maximum atomic E-state index is 15.4. The van der Waals surface area contributed by atoms with Gasteiger partial charge in [0.2, 0.25) is 15.8 Å². The predicted octanol–water partition coefficient (Wildman–Crippen LogP) is 9.40. The minimum Gasteiger partial charge on any atom is -0.460 e. The number of aromatic nitrogens is 1. The molecule has 61 heavy (non-hydrogen) atoms. The summed E-state index contributed by atoms with van der Waals surface area (Å²) >= 11 is 0. The number of ether oxygens (including phenoxy) is 3. The quantitative estimate of drug-likeness (QED) is 0.0506. The van der Waals surface area contributed by atoms with Crippen molar-refractivity contribution in [2.45, 2.75) is 102 Å². The normalized spacial score (nSPS) is 23.9. The zero-order valence-corrected chi connectivity index (χ0v) is 36.8. The molecule has 12 heteroatoms. The molecule has 7 rings (SSSR count). The van der Waals surface area contributed by atoms with E-state index in [2.05, 4.69) is 43.6 Å². The fraction of sp³-hybridized carbons (Fsp3) is 0.469. The smallest absolute Gasteiger partial charge is 0.245 e. The van der Waals surface area contributed by atoms with Crippen LogP contribution in [0.15, 0.2) is 107 Å². The number of aliphatic hydroxyl groups is 2. The molecule has 1 aliphatic heterocycles. The molecular weight excluding hydrogens is 791 g/mol. The van der Waals surface area contributed by atoms with Crippen molar-refractivity contribution in [1.82, 2.24) is 9.29 Å². The van der Waals surface area contributed by atoms with Crippen LogP contribution < -0.4 is 9.47 Å². The molecular formula is C49H61N3O8S. The molecule has 2 N–H and O–H groups in total. The summed E-state index contributed by atoms with van der Waals surface area (Å²) in [5.41, 5.74) is 5.20. The number of hydrogen-bond acceptors (Lipinski definition) is 10. The van der Waals surface area contributed by atoms with E-state index in [0.29, 0.717) is 48.6 Å². The minimum absolute atomic E-state index is 0.0239. The van der Waals surface area contributed by atoms with Crippen LogP contribution in [0.5, 0.6) is 17.2 Å². The van der Waals surface area contributed by atoms with Crippen molar-refractivity contribution < 1.29 is 37.7 Å². The van der Waals surface area contributed by atoms with Gasteiger partial charge < -0.3 is 29.3 Å². The van der Waals surface area contributed by atoms with Gasteiger partial charge in [-0.2, -0.15) is 4.31 Å². The highest BCUT2D eigenvalue weighted by atomic mass is 32.2. The Balaban J connectivity index is 1.48. The van der Waals surface area contributed by atoms with Gasteiger partial charge in [0.25, 0.3) is 0 Å². The summed E-state index contributed by atoms with van der Waals surface area (Å²) in [6.07, 6.45) is 10.8. The summed E-state index contributed by atoms with van der Waals surface area (Å²) in [6, 6.07) is 20.0. The zero-order valence-electron chi connectivity index (χ0n) is 36.0. The van der Waals surface area contributed by atoms with Gasteiger partial charge in [0.15, 0.2) is 0 Å². The Morgan fingerprint density at radius 2 is 1.72 bits per heavy atom. The second kappa shape index (κ2) is 19.6. The molecule has 1 aromatic heterocycles. The van der Waals surface area contributed by atoms with Crippen molar-refractivity contribution in [1.29, 1.82) is 0 Å². The third-order valence-electron chi connectivity index (χ3n) is 12.6. The Labute approximate surface area is 361 Å². The number of benzene rings is 3. The number of nitrogens with zero attached hydrogens (tertiary/aromatic N) is 3. The number of aliphatic hydroxyl groups excluding tert-OH is 2. The number of aryl methyl sites for hydroxylation is 2. The standard InChI is InChI=1S/C49H61N3O8S/c1-6-25-52(61(55,56)44-19-13-16-35-17-14-24-50-48(35)44)45-32-42(51-58-8-3)40-30-36(15-9-11-26-53)39(18-10-12-27-54)46-41-31-38(59-37-21-20-33(4)34(5)29-37)22-23-43(41)60-49(45,47(40)46)57-28-7-2/h7,13-14,16-17,19-24,29-31,36,39,45-47,53-54H,2,6,8-12,15,18,25-28,32H2,1,3-5H3/t36-,39+,45-,46+,47+,49+/m0/s1. The average molecular weight is 852 g/mol. The average Bonchev–Trinajstić information content (AvgIpc) is 3.26. The van der Waals surface area contributed by atoms with E-state index in [0.717, 1.165) is 53.5 Å². The molecule has 0 radical (unpaired) electrons. The second-order valence-corrected chi connectivity index (χ2v) is 18.3. The zero-order chi connectivity index (χ0) is 43.1. The molecule has 3 aliphatic rings. The molecule has 0 saturated heterocycles. The topological polar surface area (TPSA) is 140 Å². The van der Waals surface area contributed by atoms with Gasteiger partial charge in [0.1, 0.15) is 28.8 Å². The van der Waals surface area contributed by atoms with E-state index in [4.69, 9.17) is 24.2 Å². The molecule has 1 fully saturated rings. The van der Waals surface area contributed by atoms with Crippen molar-refractivity contribution in [3.8, 4) is 17.2 Å². The van der Waals surface area contributed by atoms with Gasteiger partial charge in [-0.05, 0) is 124 Å². The third-order valence-corrected chi connectivity index (χ3v) is 14.6. The highest BCUT2D eigenvalue weighted by Gasteiger charge is 2.66. The molecule has 1 saturated carbocycles. The highest BCUT2D eigenvalue weighted by molar-refractivity contribution is 7.89. The number of rotatable bonds is 20. The number of para-hydroxylation sites is 1. The molecule has 0 unspecified atom stereocenters. The lowest BCUT2D eigenvalue weighted by molar-refractivity contribution is -0.251. The molecule has 2 heterocycles. The Bertz CT molecular complexity index is 2340. The van der Waals surface area contributed by atoms with E-state index in [1.165, 1.54) is 5.56 Å². The fourth-order valence-electron chi connectivity index (χ4n) is 9.82. The number of hydrogen-bond donors (Lipinski definition) is 2. The number of sulfonamides is 1. The van der Waals surface area contributed by atoms with E-state index < -0.39 is 27.8 Å². The maximum Gasteiger partial charge on any atom is 0.245 e. The van der Waals surface area contributed by atoms with E-state index in [1.807, 2.05) is 50.2 Å². The Morgan fingerprint density at radius 3 is 2.46 bits per heavy atom. The Kier molecular flexibility index (Phi) is 14.3. The van der Waals surface area contributed by atoms with Gasteiger partial charge in [-0.15, -0.1) is 6.58 Å². The SMILES string of the molecule is C=CCO[C@@]12Oc3ccc(Oc4ccc(C)c(C)c4)cc3[C@H]3[C@H](CCCCO)[C@@H](CCCCO)C=C(C(=NOCC)C[C@@H]1N(CCC)S(=O)(=O)c1cccc4cccnc14)[C@H]32. The molecule has 0 amide bonds. The summed E-state index contributed by atoms with van der Waals surface area (Å²) in [7, 11) is -4.25. The molecule has 2 aliphatic carbocycles. The highest BCUT2D eigenvalue weighted by Crippen LogP contribution is 2.62. The summed E-state index contributed by atoms with van der Waals surface area (Å²) in [5.74, 6) is -0.271. The largest absolute Gasteiger partial charge is 0.460 e. The monoisotopic (exact) mass is 851 g/mol. The number of oxime groups is 1. The van der Waals surface area contributed by atoms with Gasteiger partial charge in [-0.1, -0.05) is 61.3 Å². The minimum atomic E-state index is -4.25. The molecule has 0 spiro atoms. The first-order chi connectivity index (χ1) is 29.6. The molecule has 0 bridgehead atoms. The van der Waals surface area contributed by atoms with Gasteiger partial charge in [-0.25, -0.2) is 8.42 Å². The summed E-state index contributed by atoms with van der Waals surface area (Å²) in [5, 5.41) is 25.4. The predicted molar refractivity (Wildman–Crippen MR) is 238 cm³/mol. The van der Waals surface area contributed by atoms with Gasteiger partial charge in [0.05, 0.1) is 29.8 Å². The molecule has 11 nitrogen and oxygen atoms in total. The molecule has 326 valence electrons. The van der Waals surface area contributed by atoms with Crippen LogP contribution in [-0.4, -0.2) is 78.4 Å². The van der Waals surface area contributed by atoms with E-state index >= 15 is 8.42 Å². The van der Waals surface area contributed by atoms with Crippen LogP contribution in [0.4, 0.5) is 0 Å². The lowest BCUT2D eigenvalue weighted by atomic mass is 9.55. The van der Waals surface area contributed by atoms with Gasteiger partial charge in [-0.3, -0.25) is 4.98 Å². The number of allylic oxidation sites excluding steroid dienone is 1. The Hall–Kier alpha value is -4.59. The lowest BCUT2D eigenvalue weighted by Gasteiger charge is -2.59. The van der Waals surface area contributed by atoms with Crippen molar-refractivity contribution in [2.24, 2.45) is 22.9 Å². The molecule has 4 aromatic rings. The van der Waals surface area contributed by atoms with Crippen LogP contribution in [0.3, 0.4) is 0 Å². The van der Waals surface area contributed by atoms with Crippen molar-refractivity contribution >= 4 is 26.6 Å². The van der Waals surface area contributed by atoms with Crippen molar-refractivity contribution in [3.05, 3.63) is 114 Å². The van der Waals surface area contributed by atoms with Crippen LogP contribution >= 0.6 is 0 Å².